The van der Waals surface area contributed by atoms with Gasteiger partial charge in [0.05, 0.1) is 25.8 Å². The van der Waals surface area contributed by atoms with Crippen molar-refractivity contribution in [2.24, 2.45) is 0 Å². The standard InChI is InChI=1S/C27H25NO6/c1-15-5-9-19(13-16(15)2)28-24(17-6-10-20(29)11-7-17)23(26(31)27(28)32)25(30)18-8-12-21(33-3)22(14-18)34-4/h5-14,24,29-30H,1-4H3/b25-23+. The summed E-state index contributed by atoms with van der Waals surface area (Å²) in [5.41, 5.74) is 3.36. The Morgan fingerprint density at radius 2 is 1.53 bits per heavy atom. The number of phenolic OH excluding ortho intramolecular Hbond substituents is 1. The third-order valence-electron chi connectivity index (χ3n) is 6.08. The van der Waals surface area contributed by atoms with E-state index in [4.69, 9.17) is 9.47 Å². The predicted octanol–water partition coefficient (Wildman–Crippen LogP) is 4.65. The number of carbonyl (C=O) groups excluding carboxylic acids is 2. The number of nitrogens with zero attached hydrogens (tertiary/aromatic N) is 1. The lowest BCUT2D eigenvalue weighted by molar-refractivity contribution is -0.132. The first-order valence-corrected chi connectivity index (χ1v) is 10.7. The number of anilines is 1. The Hall–Kier alpha value is -4.26. The van der Waals surface area contributed by atoms with Crippen molar-refractivity contribution in [2.75, 3.05) is 19.1 Å². The van der Waals surface area contributed by atoms with Crippen molar-refractivity contribution in [3.05, 3.63) is 88.5 Å². The van der Waals surface area contributed by atoms with Gasteiger partial charge in [-0.25, -0.2) is 0 Å². The molecule has 3 aromatic rings. The molecule has 1 amide bonds. The highest BCUT2D eigenvalue weighted by molar-refractivity contribution is 6.51. The number of aromatic hydroxyl groups is 1. The summed E-state index contributed by atoms with van der Waals surface area (Å²) in [6.07, 6.45) is 0. The summed E-state index contributed by atoms with van der Waals surface area (Å²) < 4.78 is 10.6. The van der Waals surface area contributed by atoms with Crippen molar-refractivity contribution in [1.82, 2.24) is 0 Å². The minimum Gasteiger partial charge on any atom is -0.508 e. The number of phenols is 1. The summed E-state index contributed by atoms with van der Waals surface area (Å²) in [7, 11) is 2.97. The third-order valence-corrected chi connectivity index (χ3v) is 6.08. The van der Waals surface area contributed by atoms with Crippen LogP contribution in [0, 0.1) is 13.8 Å². The molecule has 0 saturated carbocycles. The van der Waals surface area contributed by atoms with Gasteiger partial charge in [0, 0.05) is 11.3 Å². The average Bonchev–Trinajstić information content (AvgIpc) is 3.10. The van der Waals surface area contributed by atoms with Crippen LogP contribution >= 0.6 is 0 Å². The van der Waals surface area contributed by atoms with Crippen molar-refractivity contribution in [2.45, 2.75) is 19.9 Å². The van der Waals surface area contributed by atoms with Crippen LogP contribution in [0.25, 0.3) is 5.76 Å². The Morgan fingerprint density at radius 1 is 0.853 bits per heavy atom. The van der Waals surface area contributed by atoms with Gasteiger partial charge < -0.3 is 19.7 Å². The number of aryl methyl sites for hydroxylation is 2. The molecule has 0 bridgehead atoms. The zero-order chi connectivity index (χ0) is 24.6. The topological polar surface area (TPSA) is 96.3 Å². The normalized spacial score (nSPS) is 17.2. The number of Topliss-reactive ketones (excluding diaryl/α,β-unsaturated/α-hetero) is 1. The van der Waals surface area contributed by atoms with Crippen LogP contribution in [0.15, 0.2) is 66.2 Å². The second-order valence-corrected chi connectivity index (χ2v) is 8.10. The van der Waals surface area contributed by atoms with E-state index in [-0.39, 0.29) is 17.1 Å². The number of ketones is 1. The van der Waals surface area contributed by atoms with Gasteiger partial charge in [-0.05, 0) is 73.0 Å². The number of methoxy groups -OCH3 is 2. The number of carbonyl (C=O) groups is 2. The Bertz CT molecular complexity index is 1310. The van der Waals surface area contributed by atoms with E-state index < -0.39 is 17.7 Å². The van der Waals surface area contributed by atoms with E-state index in [2.05, 4.69) is 0 Å². The molecule has 0 aromatic heterocycles. The first-order chi connectivity index (χ1) is 16.3. The van der Waals surface area contributed by atoms with E-state index in [0.29, 0.717) is 28.3 Å². The molecule has 1 aliphatic heterocycles. The molecule has 1 aliphatic rings. The highest BCUT2D eigenvalue weighted by atomic mass is 16.5. The number of amides is 1. The van der Waals surface area contributed by atoms with E-state index in [1.165, 1.54) is 31.3 Å². The van der Waals surface area contributed by atoms with Crippen LogP contribution in [-0.4, -0.2) is 36.1 Å². The van der Waals surface area contributed by atoms with Gasteiger partial charge in [-0.15, -0.1) is 0 Å². The molecular formula is C27H25NO6. The van der Waals surface area contributed by atoms with Crippen molar-refractivity contribution < 1.29 is 29.3 Å². The molecule has 174 valence electrons. The van der Waals surface area contributed by atoms with Crippen LogP contribution in [0.4, 0.5) is 5.69 Å². The van der Waals surface area contributed by atoms with Gasteiger partial charge in [0.2, 0.25) is 0 Å². The molecule has 7 heteroatoms. The Kier molecular flexibility index (Phi) is 6.03. The van der Waals surface area contributed by atoms with Crippen LogP contribution in [0.5, 0.6) is 17.2 Å². The SMILES string of the molecule is COc1ccc(/C(O)=C2\C(=O)C(=O)N(c3ccc(C)c(C)c3)C2c2ccc(O)cc2)cc1OC. The first kappa shape index (κ1) is 22.9. The highest BCUT2D eigenvalue weighted by Gasteiger charge is 2.47. The molecule has 0 radical (unpaired) electrons. The monoisotopic (exact) mass is 459 g/mol. The molecular weight excluding hydrogens is 434 g/mol. The molecule has 1 unspecified atom stereocenters. The van der Waals surface area contributed by atoms with E-state index in [9.17, 15) is 19.8 Å². The zero-order valence-electron chi connectivity index (χ0n) is 19.3. The zero-order valence-corrected chi connectivity index (χ0v) is 19.3. The lowest BCUT2D eigenvalue weighted by Gasteiger charge is -2.26. The van der Waals surface area contributed by atoms with Gasteiger partial charge in [0.15, 0.2) is 11.5 Å². The molecule has 0 aliphatic carbocycles. The summed E-state index contributed by atoms with van der Waals surface area (Å²) in [5.74, 6) is -0.997. The molecule has 34 heavy (non-hydrogen) atoms. The number of aliphatic hydroxyl groups is 1. The number of hydrogen-bond donors (Lipinski definition) is 2. The average molecular weight is 459 g/mol. The van der Waals surface area contributed by atoms with Crippen molar-refractivity contribution in [1.29, 1.82) is 0 Å². The van der Waals surface area contributed by atoms with Crippen LogP contribution in [0.3, 0.4) is 0 Å². The summed E-state index contributed by atoms with van der Waals surface area (Å²) in [6.45, 7) is 3.89. The fourth-order valence-electron chi connectivity index (χ4n) is 4.09. The van der Waals surface area contributed by atoms with E-state index in [1.54, 1.807) is 36.4 Å². The third kappa shape index (κ3) is 3.85. The number of aliphatic hydroxyl groups excluding tert-OH is 1. The lowest BCUT2D eigenvalue weighted by Crippen LogP contribution is -2.29. The molecule has 1 saturated heterocycles. The Labute approximate surface area is 197 Å². The minimum atomic E-state index is -0.893. The smallest absolute Gasteiger partial charge is 0.300 e. The number of hydrogen-bond acceptors (Lipinski definition) is 6. The molecule has 4 rings (SSSR count). The van der Waals surface area contributed by atoms with Crippen LogP contribution in [0.2, 0.25) is 0 Å². The number of rotatable bonds is 5. The minimum absolute atomic E-state index is 0.0479. The number of benzene rings is 3. The second kappa shape index (κ2) is 8.94. The van der Waals surface area contributed by atoms with Gasteiger partial charge in [-0.2, -0.15) is 0 Å². The molecule has 7 nitrogen and oxygen atoms in total. The van der Waals surface area contributed by atoms with E-state index >= 15 is 0 Å². The van der Waals surface area contributed by atoms with Gasteiger partial charge in [0.1, 0.15) is 11.5 Å². The maximum absolute atomic E-state index is 13.3. The van der Waals surface area contributed by atoms with Crippen molar-refractivity contribution in [3.8, 4) is 17.2 Å². The summed E-state index contributed by atoms with van der Waals surface area (Å²) in [6, 6.07) is 15.6. The molecule has 2 N–H and O–H groups in total. The summed E-state index contributed by atoms with van der Waals surface area (Å²) in [5, 5.41) is 21.1. The molecule has 1 heterocycles. The van der Waals surface area contributed by atoms with Gasteiger partial charge in [-0.1, -0.05) is 18.2 Å². The molecule has 1 atom stereocenters. The van der Waals surface area contributed by atoms with Crippen LogP contribution in [0.1, 0.15) is 28.3 Å². The molecule has 3 aromatic carbocycles. The maximum Gasteiger partial charge on any atom is 0.300 e. The molecule has 1 fully saturated rings. The van der Waals surface area contributed by atoms with Gasteiger partial charge in [0.25, 0.3) is 11.7 Å². The fraction of sp³-hybridized carbons (Fsp3) is 0.185. The lowest BCUT2D eigenvalue weighted by atomic mass is 9.94. The fourth-order valence-corrected chi connectivity index (χ4v) is 4.09. The largest absolute Gasteiger partial charge is 0.508 e. The van der Waals surface area contributed by atoms with Crippen molar-refractivity contribution in [3.63, 3.8) is 0 Å². The second-order valence-electron chi connectivity index (χ2n) is 8.10. The highest BCUT2D eigenvalue weighted by Crippen LogP contribution is 2.43. The first-order valence-electron chi connectivity index (χ1n) is 10.7. The molecule has 0 spiro atoms. The Morgan fingerprint density at radius 3 is 2.15 bits per heavy atom. The van der Waals surface area contributed by atoms with Crippen molar-refractivity contribution >= 4 is 23.1 Å². The van der Waals surface area contributed by atoms with E-state index in [0.717, 1.165) is 11.1 Å². The van der Waals surface area contributed by atoms with Gasteiger partial charge in [-0.3, -0.25) is 14.5 Å². The van der Waals surface area contributed by atoms with Crippen LogP contribution in [-0.2, 0) is 9.59 Å². The number of ether oxygens (including phenoxy) is 2. The predicted molar refractivity (Wildman–Crippen MR) is 128 cm³/mol. The summed E-state index contributed by atoms with van der Waals surface area (Å²) >= 11 is 0. The van der Waals surface area contributed by atoms with Gasteiger partial charge >= 0.3 is 0 Å². The van der Waals surface area contributed by atoms with Crippen LogP contribution < -0.4 is 14.4 Å². The van der Waals surface area contributed by atoms with E-state index in [1.807, 2.05) is 26.0 Å². The quantitative estimate of drug-likeness (QED) is 0.328. The summed E-state index contributed by atoms with van der Waals surface area (Å²) in [4.78, 5) is 27.9. The Balaban J connectivity index is 1.94. The maximum atomic E-state index is 13.3.